The molecule has 1 heterocycles. The maximum atomic E-state index is 14.1. The van der Waals surface area contributed by atoms with Gasteiger partial charge in [-0.05, 0) is 74.0 Å². The first-order valence-corrected chi connectivity index (χ1v) is 12.7. The Hall–Kier alpha value is -1.41. The average molecular weight is 491 g/mol. The standard InChI is InChI=1S/C26H35F5O3/c1-2-3-16-4-6-18(7-5-16)21-14-32-25(33-15-21)19-10-8-17(9-11-19)20-12-22(27)24(23(28)13-20)34-26(29,30)31/h12-13,16-19,21,25H,2-11,14-15H2,1H3. The van der Waals surface area contributed by atoms with Crippen molar-refractivity contribution in [3.63, 3.8) is 0 Å². The van der Waals surface area contributed by atoms with Crippen molar-refractivity contribution in [2.45, 2.75) is 89.7 Å². The van der Waals surface area contributed by atoms with Crippen LogP contribution in [-0.4, -0.2) is 25.9 Å². The third kappa shape index (κ3) is 6.42. The summed E-state index contributed by atoms with van der Waals surface area (Å²) in [7, 11) is 0. The van der Waals surface area contributed by atoms with Crippen LogP contribution in [0, 0.1) is 35.3 Å². The van der Waals surface area contributed by atoms with Gasteiger partial charge < -0.3 is 14.2 Å². The van der Waals surface area contributed by atoms with E-state index in [4.69, 9.17) is 9.47 Å². The molecular weight excluding hydrogens is 455 g/mol. The van der Waals surface area contributed by atoms with Crippen LogP contribution < -0.4 is 4.74 Å². The monoisotopic (exact) mass is 490 g/mol. The van der Waals surface area contributed by atoms with Crippen LogP contribution in [0.5, 0.6) is 5.75 Å². The molecule has 1 saturated heterocycles. The lowest BCUT2D eigenvalue weighted by atomic mass is 9.74. The minimum atomic E-state index is -5.14. The van der Waals surface area contributed by atoms with Gasteiger partial charge in [-0.2, -0.15) is 0 Å². The first-order chi connectivity index (χ1) is 16.2. The Morgan fingerprint density at radius 2 is 1.38 bits per heavy atom. The zero-order chi connectivity index (χ0) is 24.3. The maximum Gasteiger partial charge on any atom is 0.573 e. The van der Waals surface area contributed by atoms with Crippen molar-refractivity contribution in [3.05, 3.63) is 29.3 Å². The van der Waals surface area contributed by atoms with Gasteiger partial charge in [-0.3, -0.25) is 0 Å². The molecule has 0 aromatic heterocycles. The Labute approximate surface area is 198 Å². The molecule has 0 spiro atoms. The fraction of sp³-hybridized carbons (Fsp3) is 0.769. The molecule has 0 bridgehead atoms. The summed E-state index contributed by atoms with van der Waals surface area (Å²) in [6.07, 6.45) is 5.28. The number of halogens is 5. The lowest BCUT2D eigenvalue weighted by molar-refractivity contribution is -0.276. The van der Waals surface area contributed by atoms with Crippen molar-refractivity contribution >= 4 is 0 Å². The lowest BCUT2D eigenvalue weighted by Gasteiger charge is -2.41. The van der Waals surface area contributed by atoms with E-state index in [9.17, 15) is 22.0 Å². The van der Waals surface area contributed by atoms with Gasteiger partial charge in [0.15, 0.2) is 17.9 Å². The zero-order valence-corrected chi connectivity index (χ0v) is 19.7. The van der Waals surface area contributed by atoms with Gasteiger partial charge >= 0.3 is 6.36 Å². The maximum absolute atomic E-state index is 14.1. The average Bonchev–Trinajstić information content (AvgIpc) is 2.82. The SMILES string of the molecule is CCCC1CCC(C2COC(C3CCC(c4cc(F)c(OC(F)(F)F)c(F)c4)CC3)OC2)CC1. The van der Waals surface area contributed by atoms with Crippen molar-refractivity contribution in [2.75, 3.05) is 13.2 Å². The minimum absolute atomic E-state index is 0.116. The molecule has 34 heavy (non-hydrogen) atoms. The highest BCUT2D eigenvalue weighted by Crippen LogP contribution is 2.42. The zero-order valence-electron chi connectivity index (χ0n) is 19.7. The smallest absolute Gasteiger partial charge is 0.399 e. The normalized spacial score (nSPS) is 33.0. The van der Waals surface area contributed by atoms with Crippen molar-refractivity contribution in [2.24, 2.45) is 23.7 Å². The van der Waals surface area contributed by atoms with Crippen molar-refractivity contribution < 1.29 is 36.2 Å². The topological polar surface area (TPSA) is 27.7 Å². The summed E-state index contributed by atoms with van der Waals surface area (Å²) >= 11 is 0. The van der Waals surface area contributed by atoms with E-state index in [1.807, 2.05) is 0 Å². The summed E-state index contributed by atoms with van der Waals surface area (Å²) in [5, 5.41) is 0. The van der Waals surface area contributed by atoms with Crippen molar-refractivity contribution in [1.82, 2.24) is 0 Å². The molecule has 2 saturated carbocycles. The Balaban J connectivity index is 1.24. The molecule has 0 amide bonds. The van der Waals surface area contributed by atoms with Crippen LogP contribution in [-0.2, 0) is 9.47 Å². The van der Waals surface area contributed by atoms with Crippen molar-refractivity contribution in [3.8, 4) is 5.75 Å². The number of hydrogen-bond acceptors (Lipinski definition) is 3. The highest BCUT2D eigenvalue weighted by atomic mass is 19.4. The molecule has 1 aliphatic heterocycles. The van der Waals surface area contributed by atoms with Gasteiger partial charge in [0, 0.05) is 11.8 Å². The highest BCUT2D eigenvalue weighted by molar-refractivity contribution is 5.33. The molecule has 3 nitrogen and oxygen atoms in total. The molecule has 4 rings (SSSR count). The largest absolute Gasteiger partial charge is 0.573 e. The minimum Gasteiger partial charge on any atom is -0.399 e. The fourth-order valence-electron chi connectivity index (χ4n) is 6.19. The summed E-state index contributed by atoms with van der Waals surface area (Å²) in [5.41, 5.74) is 0.368. The van der Waals surface area contributed by atoms with Gasteiger partial charge in [0.1, 0.15) is 0 Å². The molecular formula is C26H35F5O3. The van der Waals surface area contributed by atoms with E-state index in [0.717, 1.165) is 44.1 Å². The van der Waals surface area contributed by atoms with Crippen LogP contribution in [0.25, 0.3) is 0 Å². The van der Waals surface area contributed by atoms with Gasteiger partial charge in [-0.15, -0.1) is 13.2 Å². The van der Waals surface area contributed by atoms with Crippen molar-refractivity contribution in [1.29, 1.82) is 0 Å². The Bertz CT molecular complexity index is 767. The molecule has 1 aromatic rings. The molecule has 3 aliphatic rings. The molecule has 0 unspecified atom stereocenters. The Morgan fingerprint density at radius 3 is 1.91 bits per heavy atom. The first kappa shape index (κ1) is 25.7. The first-order valence-electron chi connectivity index (χ1n) is 12.7. The lowest BCUT2D eigenvalue weighted by Crippen LogP contribution is -2.41. The predicted molar refractivity (Wildman–Crippen MR) is 117 cm³/mol. The second-order valence-electron chi connectivity index (χ2n) is 10.3. The summed E-state index contributed by atoms with van der Waals surface area (Å²) in [4.78, 5) is 0. The highest BCUT2D eigenvalue weighted by Gasteiger charge is 2.37. The van der Waals surface area contributed by atoms with Crippen LogP contribution in [0.15, 0.2) is 12.1 Å². The van der Waals surface area contributed by atoms with E-state index in [0.29, 0.717) is 30.2 Å². The quantitative estimate of drug-likeness (QED) is 0.382. The van der Waals surface area contributed by atoms with Crippen LogP contribution >= 0.6 is 0 Å². The molecule has 3 fully saturated rings. The predicted octanol–water partition coefficient (Wildman–Crippen LogP) is 7.73. The van der Waals surface area contributed by atoms with Crippen LogP contribution in [0.2, 0.25) is 0 Å². The van der Waals surface area contributed by atoms with Gasteiger partial charge in [-0.1, -0.05) is 32.6 Å². The van der Waals surface area contributed by atoms with E-state index >= 15 is 0 Å². The summed E-state index contributed by atoms with van der Waals surface area (Å²) in [6.45, 7) is 3.71. The van der Waals surface area contributed by atoms with Gasteiger partial charge in [0.2, 0.25) is 5.75 Å². The second-order valence-corrected chi connectivity index (χ2v) is 10.3. The summed E-state index contributed by atoms with van der Waals surface area (Å²) in [6, 6.07) is 1.92. The third-order valence-electron chi connectivity index (χ3n) is 8.07. The molecule has 1 aromatic carbocycles. The molecule has 0 radical (unpaired) electrons. The number of alkyl halides is 3. The third-order valence-corrected chi connectivity index (χ3v) is 8.07. The van der Waals surface area contributed by atoms with Gasteiger partial charge in [-0.25, -0.2) is 8.78 Å². The molecule has 2 aliphatic carbocycles. The van der Waals surface area contributed by atoms with Gasteiger partial charge in [0.05, 0.1) is 13.2 Å². The summed E-state index contributed by atoms with van der Waals surface area (Å²) < 4.78 is 81.1. The molecule has 0 atom stereocenters. The Morgan fingerprint density at radius 1 is 0.824 bits per heavy atom. The second kappa shape index (κ2) is 11.1. The number of benzene rings is 1. The Kier molecular flexibility index (Phi) is 8.39. The van der Waals surface area contributed by atoms with E-state index in [2.05, 4.69) is 11.7 Å². The number of hydrogen-bond donors (Lipinski definition) is 0. The van der Waals surface area contributed by atoms with E-state index in [1.54, 1.807) is 0 Å². The van der Waals surface area contributed by atoms with Crippen LogP contribution in [0.3, 0.4) is 0 Å². The van der Waals surface area contributed by atoms with Gasteiger partial charge in [0.25, 0.3) is 0 Å². The van der Waals surface area contributed by atoms with E-state index in [1.165, 1.54) is 38.5 Å². The fourth-order valence-corrected chi connectivity index (χ4v) is 6.19. The van der Waals surface area contributed by atoms with Crippen LogP contribution in [0.4, 0.5) is 22.0 Å². The number of rotatable bonds is 6. The van der Waals surface area contributed by atoms with E-state index in [-0.39, 0.29) is 18.1 Å². The molecule has 192 valence electrons. The number of ether oxygens (including phenoxy) is 3. The molecule has 0 N–H and O–H groups in total. The molecule has 8 heteroatoms. The van der Waals surface area contributed by atoms with E-state index < -0.39 is 23.7 Å². The van der Waals surface area contributed by atoms with Crippen LogP contribution in [0.1, 0.15) is 82.6 Å². The summed E-state index contributed by atoms with van der Waals surface area (Å²) in [5.74, 6) is -1.94.